The van der Waals surface area contributed by atoms with Gasteiger partial charge in [0, 0.05) is 25.5 Å². The van der Waals surface area contributed by atoms with Crippen LogP contribution < -0.4 is 0 Å². The molecule has 0 aliphatic carbocycles. The zero-order valence-electron chi connectivity index (χ0n) is 13.7. The maximum Gasteiger partial charge on any atom is 0.410 e. The van der Waals surface area contributed by atoms with E-state index in [2.05, 4.69) is 9.88 Å². The summed E-state index contributed by atoms with van der Waals surface area (Å²) < 4.78 is 5.37. The Morgan fingerprint density at radius 1 is 1.41 bits per heavy atom. The number of ether oxygens (including phenoxy) is 1. The van der Waals surface area contributed by atoms with Gasteiger partial charge >= 0.3 is 6.09 Å². The van der Waals surface area contributed by atoms with Crippen LogP contribution in [0, 0.1) is 0 Å². The molecule has 1 aliphatic heterocycles. The van der Waals surface area contributed by atoms with Crippen molar-refractivity contribution in [2.45, 2.75) is 45.1 Å². The van der Waals surface area contributed by atoms with Crippen molar-refractivity contribution in [3.8, 4) is 0 Å². The zero-order chi connectivity index (χ0) is 16.3. The van der Waals surface area contributed by atoms with Crippen LogP contribution >= 0.6 is 0 Å². The summed E-state index contributed by atoms with van der Waals surface area (Å²) in [5, 5.41) is 10.3. The standard InChI is InChI=1S/C16H25N3O3/c1-16(2,3)22-15(21)19-10-13(14(20)11-19)18(4)9-12-5-7-17-8-6-12/h5-8,13-14,20H,9-11H2,1-4H3/t13-,14-/m1/s1. The maximum atomic E-state index is 12.1. The first-order valence-corrected chi connectivity index (χ1v) is 7.51. The molecule has 122 valence electrons. The fraction of sp³-hybridized carbons (Fsp3) is 0.625. The van der Waals surface area contributed by atoms with Crippen LogP contribution in [-0.4, -0.2) is 63.9 Å². The van der Waals surface area contributed by atoms with E-state index in [4.69, 9.17) is 4.74 Å². The fourth-order valence-corrected chi connectivity index (χ4v) is 2.57. The largest absolute Gasteiger partial charge is 0.444 e. The predicted molar refractivity (Wildman–Crippen MR) is 83.3 cm³/mol. The molecule has 2 heterocycles. The van der Waals surface area contributed by atoms with Crippen molar-refractivity contribution in [2.75, 3.05) is 20.1 Å². The minimum absolute atomic E-state index is 0.0966. The van der Waals surface area contributed by atoms with Gasteiger partial charge in [0.05, 0.1) is 18.7 Å². The highest BCUT2D eigenvalue weighted by Gasteiger charge is 2.38. The number of β-amino-alcohol motifs (C(OH)–C–C–N with tert-alkyl or cyclic N) is 1. The smallest absolute Gasteiger partial charge is 0.410 e. The number of aromatic nitrogens is 1. The Bertz CT molecular complexity index is 501. The van der Waals surface area contributed by atoms with E-state index in [0.29, 0.717) is 19.6 Å². The second kappa shape index (κ2) is 6.62. The van der Waals surface area contributed by atoms with E-state index in [1.165, 1.54) is 0 Å². The number of likely N-dealkylation sites (N-methyl/N-ethyl adjacent to an activating group) is 1. The summed E-state index contributed by atoms with van der Waals surface area (Å²) in [4.78, 5) is 19.7. The summed E-state index contributed by atoms with van der Waals surface area (Å²) in [6, 6.07) is 3.80. The van der Waals surface area contributed by atoms with Crippen LogP contribution in [0.4, 0.5) is 4.79 Å². The molecule has 0 radical (unpaired) electrons. The van der Waals surface area contributed by atoms with E-state index >= 15 is 0 Å². The van der Waals surface area contributed by atoms with Gasteiger partial charge in [-0.2, -0.15) is 0 Å². The molecule has 22 heavy (non-hydrogen) atoms. The van der Waals surface area contributed by atoms with Gasteiger partial charge in [0.25, 0.3) is 0 Å². The lowest BCUT2D eigenvalue weighted by atomic mass is 10.1. The maximum absolute atomic E-state index is 12.1. The van der Waals surface area contributed by atoms with E-state index in [9.17, 15) is 9.90 Å². The van der Waals surface area contributed by atoms with Crippen molar-refractivity contribution in [1.82, 2.24) is 14.8 Å². The van der Waals surface area contributed by atoms with Crippen LogP contribution in [0.1, 0.15) is 26.3 Å². The van der Waals surface area contributed by atoms with E-state index in [1.54, 1.807) is 17.3 Å². The third kappa shape index (κ3) is 4.42. The molecule has 0 bridgehead atoms. The molecule has 6 nitrogen and oxygen atoms in total. The Hall–Kier alpha value is -1.66. The molecule has 1 fully saturated rings. The van der Waals surface area contributed by atoms with E-state index in [1.807, 2.05) is 40.0 Å². The molecule has 0 spiro atoms. The van der Waals surface area contributed by atoms with Crippen molar-refractivity contribution < 1.29 is 14.6 Å². The van der Waals surface area contributed by atoms with Gasteiger partial charge in [0.15, 0.2) is 0 Å². The summed E-state index contributed by atoms with van der Waals surface area (Å²) in [7, 11) is 1.95. The second-order valence-electron chi connectivity index (χ2n) is 6.79. The van der Waals surface area contributed by atoms with Crippen molar-refractivity contribution in [3.63, 3.8) is 0 Å². The molecule has 1 aromatic heterocycles. The molecule has 1 aromatic rings. The number of aliphatic hydroxyl groups excluding tert-OH is 1. The van der Waals surface area contributed by atoms with Crippen LogP contribution in [0.2, 0.25) is 0 Å². The lowest BCUT2D eigenvalue weighted by Crippen LogP contribution is -2.41. The highest BCUT2D eigenvalue weighted by molar-refractivity contribution is 5.68. The van der Waals surface area contributed by atoms with Gasteiger partial charge < -0.3 is 14.7 Å². The summed E-state index contributed by atoms with van der Waals surface area (Å²) in [5.41, 5.74) is 0.601. The highest BCUT2D eigenvalue weighted by Crippen LogP contribution is 2.20. The first-order valence-electron chi connectivity index (χ1n) is 7.51. The van der Waals surface area contributed by atoms with E-state index in [0.717, 1.165) is 5.56 Å². The lowest BCUT2D eigenvalue weighted by molar-refractivity contribution is 0.0269. The first kappa shape index (κ1) is 16.7. The van der Waals surface area contributed by atoms with Crippen LogP contribution in [0.25, 0.3) is 0 Å². The third-order valence-corrected chi connectivity index (χ3v) is 3.66. The fourth-order valence-electron chi connectivity index (χ4n) is 2.57. The predicted octanol–water partition coefficient (Wildman–Crippen LogP) is 1.49. The number of carbonyl (C=O) groups is 1. The number of amides is 1. The number of carbonyl (C=O) groups excluding carboxylic acids is 1. The second-order valence-corrected chi connectivity index (χ2v) is 6.79. The number of hydrogen-bond acceptors (Lipinski definition) is 5. The van der Waals surface area contributed by atoms with Crippen LogP contribution in [-0.2, 0) is 11.3 Å². The number of likely N-dealkylation sites (tertiary alicyclic amines) is 1. The molecule has 2 rings (SSSR count). The number of nitrogens with zero attached hydrogens (tertiary/aromatic N) is 3. The SMILES string of the molecule is CN(Cc1ccncc1)[C@@H]1CN(C(=O)OC(C)(C)C)C[C@H]1O. The Morgan fingerprint density at radius 3 is 2.64 bits per heavy atom. The van der Waals surface area contributed by atoms with Crippen molar-refractivity contribution >= 4 is 6.09 Å². The molecule has 0 saturated carbocycles. The van der Waals surface area contributed by atoms with Gasteiger partial charge in [0.2, 0.25) is 0 Å². The summed E-state index contributed by atoms with van der Waals surface area (Å²) >= 11 is 0. The minimum Gasteiger partial charge on any atom is -0.444 e. The summed E-state index contributed by atoms with van der Waals surface area (Å²) in [6.07, 6.45) is 2.56. The van der Waals surface area contributed by atoms with Gasteiger partial charge in [-0.05, 0) is 45.5 Å². The van der Waals surface area contributed by atoms with Gasteiger partial charge in [-0.1, -0.05) is 0 Å². The molecular formula is C16H25N3O3. The molecule has 1 saturated heterocycles. The molecular weight excluding hydrogens is 282 g/mol. The van der Waals surface area contributed by atoms with Gasteiger partial charge in [0.1, 0.15) is 5.60 Å². The molecule has 0 unspecified atom stereocenters. The normalized spacial score (nSPS) is 22.2. The molecule has 1 N–H and O–H groups in total. The van der Waals surface area contributed by atoms with E-state index < -0.39 is 11.7 Å². The van der Waals surface area contributed by atoms with Crippen LogP contribution in [0.3, 0.4) is 0 Å². The average Bonchev–Trinajstić information content (AvgIpc) is 2.80. The summed E-state index contributed by atoms with van der Waals surface area (Å²) in [6.45, 7) is 6.99. The van der Waals surface area contributed by atoms with E-state index in [-0.39, 0.29) is 12.1 Å². The molecule has 2 atom stereocenters. The number of rotatable bonds is 3. The van der Waals surface area contributed by atoms with Crippen molar-refractivity contribution in [1.29, 1.82) is 0 Å². The Balaban J connectivity index is 1.94. The highest BCUT2D eigenvalue weighted by atomic mass is 16.6. The third-order valence-electron chi connectivity index (χ3n) is 3.66. The van der Waals surface area contributed by atoms with Crippen molar-refractivity contribution in [2.24, 2.45) is 0 Å². The van der Waals surface area contributed by atoms with Gasteiger partial charge in [-0.15, -0.1) is 0 Å². The molecule has 6 heteroatoms. The Kier molecular flexibility index (Phi) is 5.03. The minimum atomic E-state index is -0.570. The zero-order valence-corrected chi connectivity index (χ0v) is 13.7. The quantitative estimate of drug-likeness (QED) is 0.916. The van der Waals surface area contributed by atoms with Crippen LogP contribution in [0.15, 0.2) is 24.5 Å². The monoisotopic (exact) mass is 307 g/mol. The number of pyridine rings is 1. The number of aliphatic hydroxyl groups is 1. The molecule has 1 aliphatic rings. The average molecular weight is 307 g/mol. The first-order chi connectivity index (χ1) is 10.3. The van der Waals surface area contributed by atoms with Crippen LogP contribution in [0.5, 0.6) is 0 Å². The van der Waals surface area contributed by atoms with Gasteiger partial charge in [-0.3, -0.25) is 9.88 Å². The Morgan fingerprint density at radius 2 is 2.05 bits per heavy atom. The lowest BCUT2D eigenvalue weighted by Gasteiger charge is -2.27. The summed E-state index contributed by atoms with van der Waals surface area (Å²) in [5.74, 6) is 0. The van der Waals surface area contributed by atoms with Gasteiger partial charge in [-0.25, -0.2) is 4.79 Å². The number of hydrogen-bond donors (Lipinski definition) is 1. The molecule has 0 aromatic carbocycles. The Labute approximate surface area is 131 Å². The van der Waals surface area contributed by atoms with Crippen molar-refractivity contribution in [3.05, 3.63) is 30.1 Å². The molecule has 1 amide bonds. The topological polar surface area (TPSA) is 65.9 Å².